The molecule has 2 N–H and O–H groups in total. The van der Waals surface area contributed by atoms with E-state index in [2.05, 4.69) is 14.7 Å². The second-order valence-electron chi connectivity index (χ2n) is 5.68. The van der Waals surface area contributed by atoms with E-state index in [0.717, 1.165) is 11.1 Å². The smallest absolute Gasteiger partial charge is 0.372 e. The van der Waals surface area contributed by atoms with Gasteiger partial charge in [0.1, 0.15) is 0 Å². The standard InChI is InChI=1S/C9H7NO3.C9H7NO2/c1-5-2-3-7-6(4-5)8(11)13-9(12)10-7;1-5-2-3-7-6(4-5)8(11)9(12)10-7/h2-4H,1H3,(H,10,12);2-4H,1H3,(H,10,11,12). The molecule has 1 amide bonds. The summed E-state index contributed by atoms with van der Waals surface area (Å²) >= 11 is 0. The Morgan fingerprint density at radius 2 is 1.56 bits per heavy atom. The average Bonchev–Trinajstić information content (AvgIpc) is 2.84. The minimum Gasteiger partial charge on any atom is -0.372 e. The van der Waals surface area contributed by atoms with Crippen molar-refractivity contribution in [1.29, 1.82) is 0 Å². The molecule has 0 radical (unpaired) electrons. The first-order chi connectivity index (χ1) is 11.8. The third-order valence-corrected chi connectivity index (χ3v) is 3.69. The van der Waals surface area contributed by atoms with Crippen LogP contribution in [-0.2, 0) is 4.79 Å². The number of hydrogen-bond donors (Lipinski definition) is 2. The maximum absolute atomic E-state index is 11.2. The molecule has 0 fully saturated rings. The van der Waals surface area contributed by atoms with Crippen molar-refractivity contribution in [2.45, 2.75) is 13.8 Å². The van der Waals surface area contributed by atoms with E-state index in [1.54, 1.807) is 24.3 Å². The number of rotatable bonds is 0. The minimum absolute atomic E-state index is 0.402. The number of aromatic amines is 1. The molecule has 126 valence electrons. The van der Waals surface area contributed by atoms with E-state index in [1.165, 1.54) is 0 Å². The van der Waals surface area contributed by atoms with E-state index in [1.807, 2.05) is 26.0 Å². The largest absolute Gasteiger partial charge is 0.419 e. The molecule has 0 bridgehead atoms. The number of carbonyl (C=O) groups excluding carboxylic acids is 2. The Morgan fingerprint density at radius 1 is 0.880 bits per heavy atom. The molecule has 1 aliphatic heterocycles. The van der Waals surface area contributed by atoms with Gasteiger partial charge in [0.15, 0.2) is 0 Å². The number of hydrogen-bond acceptors (Lipinski definition) is 5. The maximum atomic E-state index is 11.2. The van der Waals surface area contributed by atoms with Crippen LogP contribution in [0.15, 0.2) is 50.4 Å². The van der Waals surface area contributed by atoms with Crippen LogP contribution in [0.3, 0.4) is 0 Å². The fourth-order valence-corrected chi connectivity index (χ4v) is 2.47. The number of fused-ring (bicyclic) bond motifs is 2. The van der Waals surface area contributed by atoms with E-state index < -0.39 is 23.1 Å². The van der Waals surface area contributed by atoms with Gasteiger partial charge >= 0.3 is 11.4 Å². The number of carbonyl (C=O) groups is 2. The predicted molar refractivity (Wildman–Crippen MR) is 92.0 cm³/mol. The van der Waals surface area contributed by atoms with Crippen LogP contribution in [0.25, 0.3) is 10.9 Å². The third kappa shape index (κ3) is 3.25. The average molecular weight is 338 g/mol. The van der Waals surface area contributed by atoms with E-state index >= 15 is 0 Å². The van der Waals surface area contributed by atoms with Crippen molar-refractivity contribution in [3.8, 4) is 0 Å². The minimum atomic E-state index is -0.721. The fraction of sp³-hybridized carbons (Fsp3) is 0.111. The predicted octanol–water partition coefficient (Wildman–Crippen LogP) is 1.92. The van der Waals surface area contributed by atoms with E-state index in [-0.39, 0.29) is 0 Å². The summed E-state index contributed by atoms with van der Waals surface area (Å²) < 4.78 is 4.38. The van der Waals surface area contributed by atoms with Gasteiger partial charge in [-0.25, -0.2) is 9.59 Å². The molecule has 25 heavy (non-hydrogen) atoms. The van der Waals surface area contributed by atoms with Crippen molar-refractivity contribution in [2.75, 3.05) is 5.32 Å². The monoisotopic (exact) mass is 338 g/mol. The number of Topliss-reactive ketones (excluding diaryl/α,β-unsaturated/α-hetero) is 1. The van der Waals surface area contributed by atoms with Crippen LogP contribution in [0.2, 0.25) is 0 Å². The molecule has 3 aromatic rings. The van der Waals surface area contributed by atoms with Crippen molar-refractivity contribution in [1.82, 2.24) is 4.98 Å². The van der Waals surface area contributed by atoms with Crippen LogP contribution < -0.4 is 16.7 Å². The summed E-state index contributed by atoms with van der Waals surface area (Å²) in [6.07, 6.45) is 0. The maximum Gasteiger partial charge on any atom is 0.419 e. The normalized spacial score (nSPS) is 12.4. The Balaban J connectivity index is 0.000000146. The summed E-state index contributed by atoms with van der Waals surface area (Å²) in [6, 6.07) is 10.5. The molecule has 0 saturated heterocycles. The van der Waals surface area contributed by atoms with Gasteiger partial charge in [0.2, 0.25) is 0 Å². The quantitative estimate of drug-likeness (QED) is 0.609. The van der Waals surface area contributed by atoms with Crippen LogP contribution in [-0.4, -0.2) is 16.7 Å². The molecule has 1 aliphatic rings. The summed E-state index contributed by atoms with van der Waals surface area (Å²) in [4.78, 5) is 46.4. The molecule has 1 aromatic heterocycles. The molecule has 2 aromatic carbocycles. The first-order valence-electron chi connectivity index (χ1n) is 7.45. The van der Waals surface area contributed by atoms with Gasteiger partial charge in [0, 0.05) is 0 Å². The van der Waals surface area contributed by atoms with Crippen LogP contribution in [0.1, 0.15) is 21.5 Å². The summed E-state index contributed by atoms with van der Waals surface area (Å²) in [7, 11) is 0. The third-order valence-electron chi connectivity index (χ3n) is 3.69. The van der Waals surface area contributed by atoms with Crippen molar-refractivity contribution in [3.63, 3.8) is 0 Å². The van der Waals surface area contributed by atoms with Crippen LogP contribution >= 0.6 is 0 Å². The Morgan fingerprint density at radius 3 is 2.32 bits per heavy atom. The number of aryl methyl sites for hydroxylation is 2. The van der Waals surface area contributed by atoms with Gasteiger partial charge in [-0.1, -0.05) is 23.3 Å². The Labute approximate surface area is 141 Å². The van der Waals surface area contributed by atoms with E-state index in [0.29, 0.717) is 22.2 Å². The molecular weight excluding hydrogens is 324 g/mol. The lowest BCUT2D eigenvalue weighted by Crippen LogP contribution is -2.14. The lowest BCUT2D eigenvalue weighted by atomic mass is 10.1. The van der Waals surface area contributed by atoms with Gasteiger partial charge in [0.05, 0.1) is 22.2 Å². The zero-order chi connectivity index (χ0) is 18.1. The fourth-order valence-electron chi connectivity index (χ4n) is 2.47. The number of nitrogens with one attached hydrogen (secondary N) is 2. The number of benzene rings is 2. The van der Waals surface area contributed by atoms with E-state index in [9.17, 15) is 19.2 Å². The van der Waals surface area contributed by atoms with E-state index in [4.69, 9.17) is 0 Å². The topological polar surface area (TPSA) is 109 Å². The van der Waals surface area contributed by atoms with Gasteiger partial charge < -0.3 is 9.73 Å². The molecular formula is C18H14N2O5. The summed E-state index contributed by atoms with van der Waals surface area (Å²) in [5.74, 6) is -1.69. The lowest BCUT2D eigenvalue weighted by molar-refractivity contribution is -0.112. The molecule has 0 unspecified atom stereocenters. The highest BCUT2D eigenvalue weighted by atomic mass is 16.4. The molecule has 7 nitrogen and oxygen atoms in total. The van der Waals surface area contributed by atoms with Gasteiger partial charge in [0.25, 0.3) is 11.7 Å². The Hall–Kier alpha value is -3.48. The SMILES string of the molecule is Cc1ccc2[nH]c(=O)oc(=O)c2c1.Cc1ccc2c(c1)C(=O)C(=O)N2. The van der Waals surface area contributed by atoms with Crippen molar-refractivity contribution < 1.29 is 14.0 Å². The van der Waals surface area contributed by atoms with Gasteiger partial charge in [-0.2, -0.15) is 0 Å². The molecule has 0 saturated carbocycles. The molecule has 0 spiro atoms. The number of anilines is 1. The summed E-state index contributed by atoms with van der Waals surface area (Å²) in [5.41, 5.74) is 2.95. The second kappa shape index (κ2) is 6.20. The zero-order valence-electron chi connectivity index (χ0n) is 13.5. The summed E-state index contributed by atoms with van der Waals surface area (Å²) in [5, 5.41) is 2.89. The highest BCUT2D eigenvalue weighted by Crippen LogP contribution is 2.23. The molecule has 7 heteroatoms. The van der Waals surface area contributed by atoms with Gasteiger partial charge in [-0.15, -0.1) is 0 Å². The highest BCUT2D eigenvalue weighted by Gasteiger charge is 2.27. The number of amides is 1. The lowest BCUT2D eigenvalue weighted by Gasteiger charge is -1.96. The number of H-pyrrole nitrogens is 1. The Kier molecular flexibility index (Phi) is 4.06. The molecule has 0 aliphatic carbocycles. The zero-order valence-corrected chi connectivity index (χ0v) is 13.5. The number of aromatic nitrogens is 1. The highest BCUT2D eigenvalue weighted by molar-refractivity contribution is 6.51. The molecule has 2 heterocycles. The molecule has 4 rings (SSSR count). The van der Waals surface area contributed by atoms with Crippen LogP contribution in [0.5, 0.6) is 0 Å². The Bertz CT molecular complexity index is 1120. The van der Waals surface area contributed by atoms with Crippen molar-refractivity contribution >= 4 is 28.3 Å². The second-order valence-corrected chi connectivity index (χ2v) is 5.68. The van der Waals surface area contributed by atoms with Crippen LogP contribution in [0, 0.1) is 13.8 Å². The van der Waals surface area contributed by atoms with Gasteiger partial charge in [-0.3, -0.25) is 14.6 Å². The first-order valence-corrected chi connectivity index (χ1v) is 7.45. The molecule has 0 atom stereocenters. The van der Waals surface area contributed by atoms with Crippen LogP contribution in [0.4, 0.5) is 5.69 Å². The summed E-state index contributed by atoms with van der Waals surface area (Å²) in [6.45, 7) is 3.75. The van der Waals surface area contributed by atoms with Gasteiger partial charge in [-0.05, 0) is 38.1 Å². The first kappa shape index (κ1) is 16.4. The van der Waals surface area contributed by atoms with Crippen molar-refractivity contribution in [3.05, 3.63) is 74.1 Å². The van der Waals surface area contributed by atoms with Crippen molar-refractivity contribution in [2.24, 2.45) is 0 Å². The number of ketones is 1.